The molecule has 2 amide bonds. The maximum absolute atomic E-state index is 11.0. The lowest BCUT2D eigenvalue weighted by molar-refractivity contribution is -0.110. The van der Waals surface area contributed by atoms with E-state index >= 15 is 0 Å². The standard InChI is InChI=1S/C19H16N2O5/c22-10-20-16(7-13-2-1-3-15(24)6-13)17(21-11-23)8-14-4-5-18-19(9-14)26-12-25-18/h1-11,24H,12H2,(H,20,22)(H,21,23)/b16-7-,17-8-. The van der Waals surface area contributed by atoms with Crippen molar-refractivity contribution in [3.63, 3.8) is 0 Å². The lowest BCUT2D eigenvalue weighted by Gasteiger charge is -2.11. The number of fused-ring (bicyclic) bond motifs is 1. The van der Waals surface area contributed by atoms with Gasteiger partial charge in [-0.05, 0) is 47.5 Å². The Hall–Kier alpha value is -3.74. The van der Waals surface area contributed by atoms with Crippen LogP contribution in [-0.2, 0) is 9.59 Å². The summed E-state index contributed by atoms with van der Waals surface area (Å²) in [6.07, 6.45) is 4.33. The van der Waals surface area contributed by atoms with Gasteiger partial charge in [-0.1, -0.05) is 18.2 Å². The van der Waals surface area contributed by atoms with Crippen LogP contribution in [0, 0.1) is 0 Å². The summed E-state index contributed by atoms with van der Waals surface area (Å²) in [5.41, 5.74) is 2.12. The third-order valence-corrected chi connectivity index (χ3v) is 3.61. The number of benzene rings is 2. The summed E-state index contributed by atoms with van der Waals surface area (Å²) in [7, 11) is 0. The first-order valence-electron chi connectivity index (χ1n) is 7.72. The van der Waals surface area contributed by atoms with Crippen LogP contribution in [-0.4, -0.2) is 24.7 Å². The van der Waals surface area contributed by atoms with Crippen LogP contribution in [0.15, 0.2) is 53.9 Å². The van der Waals surface area contributed by atoms with Crippen molar-refractivity contribution in [2.75, 3.05) is 6.79 Å². The summed E-state index contributed by atoms with van der Waals surface area (Å²) in [5, 5.41) is 14.7. The third-order valence-electron chi connectivity index (χ3n) is 3.61. The van der Waals surface area contributed by atoms with Gasteiger partial charge in [0.1, 0.15) is 5.75 Å². The zero-order chi connectivity index (χ0) is 18.4. The Morgan fingerprint density at radius 1 is 0.885 bits per heavy atom. The molecule has 0 unspecified atom stereocenters. The lowest BCUT2D eigenvalue weighted by atomic mass is 10.1. The van der Waals surface area contributed by atoms with Gasteiger partial charge in [-0.3, -0.25) is 9.59 Å². The largest absolute Gasteiger partial charge is 0.508 e. The molecule has 0 aromatic heterocycles. The number of hydrogen-bond donors (Lipinski definition) is 3. The molecule has 7 heteroatoms. The van der Waals surface area contributed by atoms with E-state index in [1.165, 1.54) is 12.1 Å². The van der Waals surface area contributed by atoms with Crippen LogP contribution in [0.3, 0.4) is 0 Å². The summed E-state index contributed by atoms with van der Waals surface area (Å²) in [6.45, 7) is 0.164. The van der Waals surface area contributed by atoms with Gasteiger partial charge >= 0.3 is 0 Å². The van der Waals surface area contributed by atoms with Crippen LogP contribution in [0.1, 0.15) is 11.1 Å². The van der Waals surface area contributed by atoms with Gasteiger partial charge in [0.05, 0.1) is 11.4 Å². The van der Waals surface area contributed by atoms with Gasteiger partial charge in [0.2, 0.25) is 19.6 Å². The molecule has 3 N–H and O–H groups in total. The molecule has 1 aliphatic rings. The predicted molar refractivity (Wildman–Crippen MR) is 95.0 cm³/mol. The third kappa shape index (κ3) is 4.02. The smallest absolute Gasteiger partial charge is 0.231 e. The monoisotopic (exact) mass is 352 g/mol. The molecule has 1 heterocycles. The van der Waals surface area contributed by atoms with E-state index in [1.54, 1.807) is 42.5 Å². The summed E-state index contributed by atoms with van der Waals surface area (Å²) < 4.78 is 10.6. The first-order valence-corrected chi connectivity index (χ1v) is 7.72. The van der Waals surface area contributed by atoms with Gasteiger partial charge in [-0.25, -0.2) is 0 Å². The molecule has 132 valence electrons. The topological polar surface area (TPSA) is 96.9 Å². The van der Waals surface area contributed by atoms with E-state index in [4.69, 9.17) is 9.47 Å². The van der Waals surface area contributed by atoms with Gasteiger partial charge in [-0.2, -0.15) is 0 Å². The van der Waals surface area contributed by atoms with Crippen molar-refractivity contribution in [3.8, 4) is 17.2 Å². The Labute approximate surface area is 149 Å². The highest BCUT2D eigenvalue weighted by atomic mass is 16.7. The molecule has 0 saturated carbocycles. The molecule has 2 aromatic rings. The highest BCUT2D eigenvalue weighted by molar-refractivity contribution is 5.73. The average molecular weight is 352 g/mol. The predicted octanol–water partition coefficient (Wildman–Crippen LogP) is 1.99. The zero-order valence-electron chi connectivity index (χ0n) is 13.6. The minimum atomic E-state index is 0.0915. The highest BCUT2D eigenvalue weighted by Crippen LogP contribution is 2.33. The average Bonchev–Trinajstić information content (AvgIpc) is 3.09. The molecule has 0 fully saturated rings. The Balaban J connectivity index is 1.99. The summed E-state index contributed by atoms with van der Waals surface area (Å²) in [4.78, 5) is 22.0. The Kier molecular flexibility index (Phi) is 5.19. The number of hydrogen-bond acceptors (Lipinski definition) is 5. The number of phenolic OH excluding ortho intramolecular Hbond substituents is 1. The normalized spacial score (nSPS) is 13.2. The van der Waals surface area contributed by atoms with Crippen LogP contribution in [0.25, 0.3) is 12.2 Å². The van der Waals surface area contributed by atoms with E-state index in [0.717, 1.165) is 5.56 Å². The molecular weight excluding hydrogens is 336 g/mol. The van der Waals surface area contributed by atoms with Crippen LogP contribution in [0.4, 0.5) is 0 Å². The number of rotatable bonds is 7. The molecular formula is C19H16N2O5. The number of ether oxygens (including phenoxy) is 2. The first kappa shape index (κ1) is 17.1. The molecule has 0 radical (unpaired) electrons. The number of nitrogens with one attached hydrogen (secondary N) is 2. The van der Waals surface area contributed by atoms with Crippen molar-refractivity contribution in [1.82, 2.24) is 10.6 Å². The van der Waals surface area contributed by atoms with E-state index in [9.17, 15) is 14.7 Å². The molecule has 0 saturated heterocycles. The summed E-state index contributed by atoms with van der Waals surface area (Å²) in [6, 6.07) is 11.8. The van der Waals surface area contributed by atoms with Gasteiger partial charge < -0.3 is 25.2 Å². The molecule has 0 aliphatic carbocycles. The Morgan fingerprint density at radius 3 is 2.19 bits per heavy atom. The van der Waals surface area contributed by atoms with Crippen molar-refractivity contribution in [1.29, 1.82) is 0 Å². The molecule has 0 bridgehead atoms. The van der Waals surface area contributed by atoms with Crippen molar-refractivity contribution >= 4 is 25.0 Å². The van der Waals surface area contributed by atoms with Crippen molar-refractivity contribution in [2.45, 2.75) is 0 Å². The molecule has 0 atom stereocenters. The van der Waals surface area contributed by atoms with Gasteiger partial charge in [0.25, 0.3) is 0 Å². The van der Waals surface area contributed by atoms with Crippen LogP contribution in [0.5, 0.6) is 17.2 Å². The zero-order valence-corrected chi connectivity index (χ0v) is 13.6. The number of phenols is 1. The van der Waals surface area contributed by atoms with Crippen molar-refractivity contribution < 1.29 is 24.2 Å². The van der Waals surface area contributed by atoms with E-state index in [-0.39, 0.29) is 12.5 Å². The molecule has 26 heavy (non-hydrogen) atoms. The molecule has 2 aromatic carbocycles. The first-order chi connectivity index (χ1) is 12.7. The minimum absolute atomic E-state index is 0.0915. The van der Waals surface area contributed by atoms with Crippen LogP contribution >= 0.6 is 0 Å². The second kappa shape index (κ2) is 7.89. The Bertz CT molecular complexity index is 889. The highest BCUT2D eigenvalue weighted by Gasteiger charge is 2.13. The molecule has 3 rings (SSSR count). The fourth-order valence-corrected chi connectivity index (χ4v) is 2.47. The number of carbonyl (C=O) groups excluding carboxylic acids is 2. The minimum Gasteiger partial charge on any atom is -0.508 e. The number of amides is 2. The number of aromatic hydroxyl groups is 1. The molecule has 1 aliphatic heterocycles. The van der Waals surface area contributed by atoms with E-state index < -0.39 is 0 Å². The van der Waals surface area contributed by atoms with E-state index in [0.29, 0.717) is 41.3 Å². The van der Waals surface area contributed by atoms with Gasteiger partial charge in [-0.15, -0.1) is 0 Å². The number of carbonyl (C=O) groups is 2. The van der Waals surface area contributed by atoms with Crippen molar-refractivity contribution in [3.05, 3.63) is 65.0 Å². The maximum atomic E-state index is 11.0. The van der Waals surface area contributed by atoms with Gasteiger partial charge in [0, 0.05) is 0 Å². The quantitative estimate of drug-likeness (QED) is 0.523. The van der Waals surface area contributed by atoms with Crippen LogP contribution < -0.4 is 20.1 Å². The SMILES string of the molecule is O=CNC(=C\c1cccc(O)c1)/C(=C/c1ccc2c(c1)OCO2)NC=O. The maximum Gasteiger partial charge on any atom is 0.231 e. The summed E-state index contributed by atoms with van der Waals surface area (Å²) in [5.74, 6) is 1.34. The Morgan fingerprint density at radius 2 is 1.54 bits per heavy atom. The molecule has 7 nitrogen and oxygen atoms in total. The van der Waals surface area contributed by atoms with Crippen molar-refractivity contribution in [2.24, 2.45) is 0 Å². The second-order valence-corrected chi connectivity index (χ2v) is 5.35. The second-order valence-electron chi connectivity index (χ2n) is 5.35. The van der Waals surface area contributed by atoms with E-state index in [1.807, 2.05) is 0 Å². The van der Waals surface area contributed by atoms with Crippen LogP contribution in [0.2, 0.25) is 0 Å². The van der Waals surface area contributed by atoms with E-state index in [2.05, 4.69) is 10.6 Å². The molecule has 0 spiro atoms. The fourth-order valence-electron chi connectivity index (χ4n) is 2.47. The summed E-state index contributed by atoms with van der Waals surface area (Å²) >= 11 is 0. The lowest BCUT2D eigenvalue weighted by Crippen LogP contribution is -2.21. The van der Waals surface area contributed by atoms with Gasteiger partial charge in [0.15, 0.2) is 11.5 Å². The fraction of sp³-hybridized carbons (Fsp3) is 0.0526.